The van der Waals surface area contributed by atoms with Gasteiger partial charge in [0.15, 0.2) is 0 Å². The molecule has 3 nitrogen and oxygen atoms in total. The van der Waals surface area contributed by atoms with Crippen molar-refractivity contribution in [2.24, 2.45) is 0 Å². The summed E-state index contributed by atoms with van der Waals surface area (Å²) in [5.74, 6) is 0.701. The second-order valence-electron chi connectivity index (χ2n) is 2.23. The minimum Gasteiger partial charge on any atom is -0.300 e. The lowest BCUT2D eigenvalue weighted by Crippen LogP contribution is -2.04. The van der Waals surface area contributed by atoms with E-state index in [0.717, 1.165) is 0 Å². The smallest absolute Gasteiger partial charge is 0.149 e. The van der Waals surface area contributed by atoms with Gasteiger partial charge in [0.05, 0.1) is 0 Å². The molecule has 0 spiro atoms. The van der Waals surface area contributed by atoms with Crippen LogP contribution in [0.1, 0.15) is 27.7 Å². The van der Waals surface area contributed by atoms with Gasteiger partial charge in [0.1, 0.15) is 15.6 Å². The Morgan fingerprint density at radius 2 is 1.27 bits per heavy atom. The molecule has 4 heteroatoms. The molecule has 0 radical (unpaired) electrons. The molecular weight excluding hydrogens is 164 g/mol. The van der Waals surface area contributed by atoms with E-state index in [4.69, 9.17) is 0 Å². The highest BCUT2D eigenvalue weighted by molar-refractivity contribution is 7.91. The van der Waals surface area contributed by atoms with Crippen LogP contribution in [0.3, 0.4) is 0 Å². The van der Waals surface area contributed by atoms with Crippen LogP contribution in [-0.2, 0) is 14.6 Å². The largest absolute Gasteiger partial charge is 0.300 e. The summed E-state index contributed by atoms with van der Waals surface area (Å²) < 4.78 is 20.7. The van der Waals surface area contributed by atoms with Gasteiger partial charge in [0.2, 0.25) is 0 Å². The fourth-order valence-corrected chi connectivity index (χ4v) is 0.612. The van der Waals surface area contributed by atoms with Crippen molar-refractivity contribution < 1.29 is 13.2 Å². The van der Waals surface area contributed by atoms with Crippen molar-refractivity contribution in [2.45, 2.75) is 27.7 Å². The second-order valence-corrected chi connectivity index (χ2v) is 4.87. The molecular formula is C7H16O3S. The molecule has 0 aromatic rings. The van der Waals surface area contributed by atoms with Crippen molar-refractivity contribution in [3.8, 4) is 0 Å². The highest BCUT2D eigenvalue weighted by Gasteiger charge is 1.99. The predicted molar refractivity (Wildman–Crippen MR) is 46.4 cm³/mol. The fourth-order valence-electron chi connectivity index (χ4n) is 0.204. The van der Waals surface area contributed by atoms with E-state index in [1.807, 2.05) is 0 Å². The maximum atomic E-state index is 10.4. The first-order valence-corrected chi connectivity index (χ1v) is 5.35. The van der Waals surface area contributed by atoms with Crippen LogP contribution >= 0.6 is 0 Å². The Labute approximate surface area is 68.7 Å². The normalized spacial score (nSPS) is 9.82. The molecule has 0 heterocycles. The van der Waals surface area contributed by atoms with E-state index in [9.17, 15) is 13.2 Å². The molecule has 0 aliphatic carbocycles. The molecule has 0 aromatic carbocycles. The van der Waals surface area contributed by atoms with Crippen LogP contribution in [0, 0.1) is 0 Å². The number of hydrogen-bond acceptors (Lipinski definition) is 3. The quantitative estimate of drug-likeness (QED) is 0.638. The Morgan fingerprint density at radius 1 is 1.09 bits per heavy atom. The lowest BCUT2D eigenvalue weighted by molar-refractivity contribution is -0.114. The minimum atomic E-state index is -2.66. The number of hydrogen-bond donors (Lipinski definition) is 0. The van der Waals surface area contributed by atoms with Gasteiger partial charge < -0.3 is 4.79 Å². The number of carbonyl (C=O) groups excluding carboxylic acids is 1. The number of ketones is 1. The molecule has 11 heavy (non-hydrogen) atoms. The Morgan fingerprint density at radius 3 is 1.27 bits per heavy atom. The number of Topliss-reactive ketones (excluding diaryl/α,β-unsaturated/α-hetero) is 1. The van der Waals surface area contributed by atoms with Crippen LogP contribution in [0.4, 0.5) is 0 Å². The van der Waals surface area contributed by atoms with E-state index in [1.165, 1.54) is 13.8 Å². The van der Waals surface area contributed by atoms with Gasteiger partial charge in [-0.2, -0.15) is 0 Å². The molecule has 68 valence electrons. The Hall–Kier alpha value is -0.380. The first kappa shape index (κ1) is 13.2. The standard InChI is InChI=1S/C4H10O2S.C3H6O/c1-3-7(5,6)4-2;1-3(2)4/h3-4H2,1-2H3;1-2H3. The van der Waals surface area contributed by atoms with Crippen LogP contribution in [0.15, 0.2) is 0 Å². The van der Waals surface area contributed by atoms with Gasteiger partial charge >= 0.3 is 0 Å². The summed E-state index contributed by atoms with van der Waals surface area (Å²) in [6.45, 7) is 6.36. The zero-order chi connectivity index (χ0) is 9.49. The topological polar surface area (TPSA) is 51.2 Å². The third kappa shape index (κ3) is 17.7. The lowest BCUT2D eigenvalue weighted by Gasteiger charge is -1.89. The van der Waals surface area contributed by atoms with E-state index in [2.05, 4.69) is 0 Å². The first-order valence-electron chi connectivity index (χ1n) is 3.53. The van der Waals surface area contributed by atoms with E-state index in [0.29, 0.717) is 0 Å². The summed E-state index contributed by atoms with van der Waals surface area (Å²) in [5.41, 5.74) is 0. The van der Waals surface area contributed by atoms with Gasteiger partial charge in [-0.05, 0) is 13.8 Å². The first-order chi connectivity index (χ1) is 4.85. The average molecular weight is 180 g/mol. The molecule has 0 aliphatic rings. The lowest BCUT2D eigenvalue weighted by atomic mass is 10.6. The summed E-state index contributed by atoms with van der Waals surface area (Å²) in [7, 11) is -2.66. The molecule has 0 atom stereocenters. The fraction of sp³-hybridized carbons (Fsp3) is 0.857. The molecule has 0 aliphatic heterocycles. The second kappa shape index (κ2) is 6.34. The molecule has 0 amide bonds. The number of rotatable bonds is 2. The van der Waals surface area contributed by atoms with Crippen molar-refractivity contribution in [3.63, 3.8) is 0 Å². The molecule has 0 rings (SSSR count). The van der Waals surface area contributed by atoms with Crippen LogP contribution in [0.5, 0.6) is 0 Å². The van der Waals surface area contributed by atoms with Crippen LogP contribution < -0.4 is 0 Å². The predicted octanol–water partition coefficient (Wildman–Crippen LogP) is 1.04. The minimum absolute atomic E-state index is 0.167. The van der Waals surface area contributed by atoms with Gasteiger partial charge in [-0.15, -0.1) is 0 Å². The third-order valence-corrected chi connectivity index (χ3v) is 2.64. The highest BCUT2D eigenvalue weighted by atomic mass is 32.2. The van der Waals surface area contributed by atoms with Gasteiger partial charge in [-0.25, -0.2) is 8.42 Å². The van der Waals surface area contributed by atoms with Gasteiger partial charge in [-0.1, -0.05) is 13.8 Å². The summed E-state index contributed by atoms with van der Waals surface area (Å²) >= 11 is 0. The molecule has 0 N–H and O–H groups in total. The van der Waals surface area contributed by atoms with E-state index >= 15 is 0 Å². The number of sulfone groups is 1. The van der Waals surface area contributed by atoms with Crippen molar-refractivity contribution >= 4 is 15.6 Å². The van der Waals surface area contributed by atoms with Crippen molar-refractivity contribution in [2.75, 3.05) is 11.5 Å². The number of carbonyl (C=O) groups is 1. The molecule has 0 saturated heterocycles. The average Bonchev–Trinajstić information content (AvgIpc) is 1.87. The van der Waals surface area contributed by atoms with Crippen molar-refractivity contribution in [1.82, 2.24) is 0 Å². The van der Waals surface area contributed by atoms with Crippen LogP contribution in [-0.4, -0.2) is 25.7 Å². The van der Waals surface area contributed by atoms with Gasteiger partial charge in [0.25, 0.3) is 0 Å². The molecule has 0 fully saturated rings. The Balaban J connectivity index is 0. The zero-order valence-electron chi connectivity index (χ0n) is 7.55. The Bertz CT molecular complexity index is 178. The van der Waals surface area contributed by atoms with E-state index in [1.54, 1.807) is 13.8 Å². The maximum Gasteiger partial charge on any atom is 0.149 e. The van der Waals surface area contributed by atoms with Crippen LogP contribution in [0.25, 0.3) is 0 Å². The van der Waals surface area contributed by atoms with Crippen LogP contribution in [0.2, 0.25) is 0 Å². The molecule has 0 unspecified atom stereocenters. The summed E-state index contributed by atoms with van der Waals surface area (Å²) in [6, 6.07) is 0. The van der Waals surface area contributed by atoms with E-state index < -0.39 is 9.84 Å². The molecule has 0 aromatic heterocycles. The zero-order valence-corrected chi connectivity index (χ0v) is 8.36. The monoisotopic (exact) mass is 180 g/mol. The van der Waals surface area contributed by atoms with Gasteiger partial charge in [-0.3, -0.25) is 0 Å². The summed E-state index contributed by atoms with van der Waals surface area (Å²) in [6.07, 6.45) is 0. The van der Waals surface area contributed by atoms with E-state index in [-0.39, 0.29) is 17.3 Å². The summed E-state index contributed by atoms with van der Waals surface area (Å²) in [5, 5.41) is 0. The molecule has 0 bridgehead atoms. The van der Waals surface area contributed by atoms with Gasteiger partial charge in [0, 0.05) is 11.5 Å². The Kier molecular flexibility index (Phi) is 7.62. The van der Waals surface area contributed by atoms with Crippen molar-refractivity contribution in [3.05, 3.63) is 0 Å². The SMILES string of the molecule is CC(C)=O.CCS(=O)(=O)CC. The molecule has 0 saturated carbocycles. The summed E-state index contributed by atoms with van der Waals surface area (Å²) in [4.78, 5) is 9.44. The third-order valence-electron chi connectivity index (χ3n) is 0.880. The van der Waals surface area contributed by atoms with Crippen molar-refractivity contribution in [1.29, 1.82) is 0 Å². The maximum absolute atomic E-state index is 10.4. The highest BCUT2D eigenvalue weighted by Crippen LogP contribution is 1.84.